The second-order valence-electron chi connectivity index (χ2n) is 2.15. The van der Waals surface area contributed by atoms with Gasteiger partial charge >= 0.3 is 0 Å². The van der Waals surface area contributed by atoms with E-state index in [1.54, 1.807) is 0 Å². The molecule has 0 fully saturated rings. The first kappa shape index (κ1) is 4.19. The Labute approximate surface area is 48.7 Å². The molecule has 8 heavy (non-hydrogen) atoms. The maximum atomic E-state index is 5.29. The minimum atomic E-state index is 0.912. The molecule has 1 heteroatoms. The van der Waals surface area contributed by atoms with Crippen LogP contribution in [0.2, 0.25) is 0 Å². The second kappa shape index (κ2) is 1.38. The lowest BCUT2D eigenvalue weighted by molar-refractivity contribution is 0.240. The van der Waals surface area contributed by atoms with Gasteiger partial charge in [0, 0.05) is 12.8 Å². The van der Waals surface area contributed by atoms with E-state index in [0.29, 0.717) is 0 Å². The normalized spacial score (nSPS) is 24.0. The number of rotatable bonds is 0. The average Bonchev–Trinajstić information content (AvgIpc) is 2.15. The Morgan fingerprint density at radius 2 is 2.50 bits per heavy atom. The molecule has 1 heterocycles. The number of hydrogen-bond acceptors (Lipinski definition) is 1. The van der Waals surface area contributed by atoms with E-state index in [-0.39, 0.29) is 0 Å². The Morgan fingerprint density at radius 3 is 3.38 bits per heavy atom. The standard InChI is InChI=1S/C7H8O/c1-2-6-4-5-8-7(6)3-1/h1-2H,3-5H2. The molecule has 0 radical (unpaired) electrons. The van der Waals surface area contributed by atoms with Crippen LogP contribution in [0.5, 0.6) is 0 Å². The van der Waals surface area contributed by atoms with Crippen molar-refractivity contribution < 1.29 is 4.74 Å². The van der Waals surface area contributed by atoms with Gasteiger partial charge in [-0.05, 0) is 5.57 Å². The van der Waals surface area contributed by atoms with Gasteiger partial charge in [-0.2, -0.15) is 0 Å². The molecule has 0 amide bonds. The highest BCUT2D eigenvalue weighted by Crippen LogP contribution is 2.27. The van der Waals surface area contributed by atoms with Gasteiger partial charge in [-0.1, -0.05) is 12.2 Å². The molecule has 0 aromatic carbocycles. The van der Waals surface area contributed by atoms with E-state index in [9.17, 15) is 0 Å². The molecular weight excluding hydrogens is 100 g/mol. The monoisotopic (exact) mass is 108 g/mol. The Bertz CT molecular complexity index is 165. The highest BCUT2D eigenvalue weighted by Gasteiger charge is 2.15. The topological polar surface area (TPSA) is 9.23 Å². The summed E-state index contributed by atoms with van der Waals surface area (Å²) in [5, 5.41) is 0. The van der Waals surface area contributed by atoms with Crippen molar-refractivity contribution in [2.75, 3.05) is 6.61 Å². The molecule has 2 rings (SSSR count). The van der Waals surface area contributed by atoms with Gasteiger partial charge in [0.25, 0.3) is 0 Å². The summed E-state index contributed by atoms with van der Waals surface area (Å²) in [7, 11) is 0. The van der Waals surface area contributed by atoms with Crippen molar-refractivity contribution in [3.05, 3.63) is 23.5 Å². The summed E-state index contributed by atoms with van der Waals surface area (Å²) in [6, 6.07) is 0. The van der Waals surface area contributed by atoms with Crippen LogP contribution >= 0.6 is 0 Å². The van der Waals surface area contributed by atoms with Gasteiger partial charge in [0.15, 0.2) is 0 Å². The van der Waals surface area contributed by atoms with Crippen LogP contribution < -0.4 is 0 Å². The summed E-state index contributed by atoms with van der Waals surface area (Å²) >= 11 is 0. The number of ether oxygens (including phenoxy) is 1. The Kier molecular flexibility index (Phi) is 0.720. The fourth-order valence-corrected chi connectivity index (χ4v) is 1.19. The van der Waals surface area contributed by atoms with Crippen molar-refractivity contribution in [1.82, 2.24) is 0 Å². The van der Waals surface area contributed by atoms with E-state index in [0.717, 1.165) is 19.4 Å². The van der Waals surface area contributed by atoms with Crippen molar-refractivity contribution in [3.63, 3.8) is 0 Å². The molecule has 2 aliphatic rings. The molecule has 1 aliphatic carbocycles. The summed E-state index contributed by atoms with van der Waals surface area (Å²) in [4.78, 5) is 0. The first-order valence-corrected chi connectivity index (χ1v) is 2.98. The van der Waals surface area contributed by atoms with Crippen molar-refractivity contribution >= 4 is 0 Å². The highest BCUT2D eigenvalue weighted by molar-refractivity contribution is 5.32. The Hall–Kier alpha value is -0.720. The zero-order valence-corrected chi connectivity index (χ0v) is 4.68. The minimum absolute atomic E-state index is 0.912. The molecular formula is C7H8O. The van der Waals surface area contributed by atoms with Crippen LogP contribution in [0.15, 0.2) is 23.5 Å². The van der Waals surface area contributed by atoms with Crippen molar-refractivity contribution in [2.45, 2.75) is 12.8 Å². The van der Waals surface area contributed by atoms with E-state index in [4.69, 9.17) is 4.74 Å². The number of hydrogen-bond donors (Lipinski definition) is 0. The number of allylic oxidation sites excluding steroid dienone is 2. The van der Waals surface area contributed by atoms with Gasteiger partial charge in [-0.25, -0.2) is 0 Å². The van der Waals surface area contributed by atoms with Crippen molar-refractivity contribution in [1.29, 1.82) is 0 Å². The molecule has 42 valence electrons. The first-order chi connectivity index (χ1) is 3.97. The van der Waals surface area contributed by atoms with Gasteiger partial charge in [0.1, 0.15) is 5.76 Å². The van der Waals surface area contributed by atoms with Gasteiger partial charge < -0.3 is 4.74 Å². The van der Waals surface area contributed by atoms with Gasteiger partial charge in [-0.3, -0.25) is 0 Å². The van der Waals surface area contributed by atoms with E-state index < -0.39 is 0 Å². The van der Waals surface area contributed by atoms with Crippen LogP contribution in [-0.4, -0.2) is 6.61 Å². The maximum Gasteiger partial charge on any atom is 0.103 e. The van der Waals surface area contributed by atoms with Gasteiger partial charge in [0.05, 0.1) is 6.61 Å². The Morgan fingerprint density at radius 1 is 1.50 bits per heavy atom. The third-order valence-corrected chi connectivity index (χ3v) is 1.63. The quantitative estimate of drug-likeness (QED) is 0.458. The third-order valence-electron chi connectivity index (χ3n) is 1.63. The SMILES string of the molecule is C1=CC2=C(C1)OCC2. The van der Waals surface area contributed by atoms with E-state index in [2.05, 4.69) is 12.2 Å². The summed E-state index contributed by atoms with van der Waals surface area (Å²) in [6.07, 6.45) is 6.49. The summed E-state index contributed by atoms with van der Waals surface area (Å²) in [5.41, 5.74) is 1.42. The second-order valence-corrected chi connectivity index (χ2v) is 2.15. The average molecular weight is 108 g/mol. The summed E-state index contributed by atoms with van der Waals surface area (Å²) < 4.78 is 5.29. The molecule has 1 nitrogen and oxygen atoms in total. The molecule has 1 aliphatic heterocycles. The predicted octanol–water partition coefficient (Wildman–Crippen LogP) is 1.62. The van der Waals surface area contributed by atoms with Crippen LogP contribution in [0.4, 0.5) is 0 Å². The fraction of sp³-hybridized carbons (Fsp3) is 0.429. The van der Waals surface area contributed by atoms with Crippen LogP contribution in [-0.2, 0) is 4.74 Å². The zero-order chi connectivity index (χ0) is 5.40. The van der Waals surface area contributed by atoms with E-state index in [1.165, 1.54) is 11.3 Å². The van der Waals surface area contributed by atoms with Crippen LogP contribution in [0.25, 0.3) is 0 Å². The minimum Gasteiger partial charge on any atom is -0.497 e. The lowest BCUT2D eigenvalue weighted by Gasteiger charge is -1.94. The van der Waals surface area contributed by atoms with Crippen molar-refractivity contribution in [3.8, 4) is 0 Å². The molecule has 0 aromatic heterocycles. The van der Waals surface area contributed by atoms with Crippen molar-refractivity contribution in [2.24, 2.45) is 0 Å². The lowest BCUT2D eigenvalue weighted by atomic mass is 10.2. The van der Waals surface area contributed by atoms with Crippen LogP contribution in [0.1, 0.15) is 12.8 Å². The molecule has 0 N–H and O–H groups in total. The maximum absolute atomic E-state index is 5.29. The fourth-order valence-electron chi connectivity index (χ4n) is 1.19. The predicted molar refractivity (Wildman–Crippen MR) is 31.4 cm³/mol. The van der Waals surface area contributed by atoms with E-state index in [1.807, 2.05) is 0 Å². The molecule has 0 saturated carbocycles. The summed E-state index contributed by atoms with van der Waals surface area (Å²) in [5.74, 6) is 1.21. The van der Waals surface area contributed by atoms with E-state index >= 15 is 0 Å². The molecule has 0 unspecified atom stereocenters. The smallest absolute Gasteiger partial charge is 0.103 e. The zero-order valence-electron chi connectivity index (χ0n) is 4.68. The van der Waals surface area contributed by atoms with Gasteiger partial charge in [0.2, 0.25) is 0 Å². The van der Waals surface area contributed by atoms with Crippen LogP contribution in [0.3, 0.4) is 0 Å². The molecule has 0 spiro atoms. The first-order valence-electron chi connectivity index (χ1n) is 2.98. The molecule has 0 bridgehead atoms. The Balaban J connectivity index is 2.33. The van der Waals surface area contributed by atoms with Gasteiger partial charge in [-0.15, -0.1) is 0 Å². The largest absolute Gasteiger partial charge is 0.497 e. The molecule has 0 saturated heterocycles. The summed E-state index contributed by atoms with van der Waals surface area (Å²) in [6.45, 7) is 0.912. The van der Waals surface area contributed by atoms with Crippen LogP contribution in [0, 0.1) is 0 Å². The molecule has 0 aromatic rings. The lowest BCUT2D eigenvalue weighted by Crippen LogP contribution is -1.80. The third kappa shape index (κ3) is 0.414. The molecule has 0 atom stereocenters. The highest BCUT2D eigenvalue weighted by atomic mass is 16.5.